The molecule has 0 radical (unpaired) electrons. The van der Waals surface area contributed by atoms with Gasteiger partial charge < -0.3 is 24.1 Å². The lowest BCUT2D eigenvalue weighted by molar-refractivity contribution is -0.170. The predicted octanol–water partition coefficient (Wildman–Crippen LogP) is -0.247. The molecule has 0 bridgehead atoms. The number of esters is 2. The highest BCUT2D eigenvalue weighted by atomic mass is 16.6. The second-order valence-corrected chi connectivity index (χ2v) is 3.94. The van der Waals surface area contributed by atoms with E-state index in [-0.39, 0.29) is 19.8 Å². The Morgan fingerprint density at radius 2 is 1.68 bits per heavy atom. The van der Waals surface area contributed by atoms with Gasteiger partial charge in [0.15, 0.2) is 6.10 Å². The molecule has 0 aliphatic heterocycles. The lowest BCUT2D eigenvalue weighted by Gasteiger charge is -2.14. The van der Waals surface area contributed by atoms with Gasteiger partial charge in [-0.15, -0.1) is 0 Å². The van der Waals surface area contributed by atoms with Crippen LogP contribution in [0.25, 0.3) is 0 Å². The van der Waals surface area contributed by atoms with Crippen LogP contribution in [0.1, 0.15) is 13.8 Å². The van der Waals surface area contributed by atoms with Crippen LogP contribution >= 0.6 is 0 Å². The van der Waals surface area contributed by atoms with Crippen LogP contribution in [0.2, 0.25) is 0 Å². The molecule has 0 fully saturated rings. The number of rotatable bonds is 10. The minimum atomic E-state index is -1.000. The summed E-state index contributed by atoms with van der Waals surface area (Å²) >= 11 is 0. The molecule has 0 aliphatic carbocycles. The number of carbonyl (C=O) groups excluding carboxylic acids is 2. The van der Waals surface area contributed by atoms with Crippen molar-refractivity contribution in [3.05, 3.63) is 0 Å². The Morgan fingerprint density at radius 1 is 1.05 bits per heavy atom. The van der Waals surface area contributed by atoms with E-state index < -0.39 is 24.0 Å². The molecule has 0 aromatic carbocycles. The molecule has 0 aliphatic rings. The van der Waals surface area contributed by atoms with Crippen LogP contribution in [0.5, 0.6) is 0 Å². The number of hydrogen-bond donors (Lipinski definition) is 1. The van der Waals surface area contributed by atoms with Crippen molar-refractivity contribution >= 4 is 11.9 Å². The van der Waals surface area contributed by atoms with Crippen molar-refractivity contribution in [3.63, 3.8) is 0 Å². The molecule has 2 atom stereocenters. The van der Waals surface area contributed by atoms with E-state index in [0.717, 1.165) is 0 Å². The Bertz CT molecular complexity index is 267. The highest BCUT2D eigenvalue weighted by Gasteiger charge is 2.22. The first-order valence-electron chi connectivity index (χ1n) is 6.07. The van der Waals surface area contributed by atoms with Crippen molar-refractivity contribution in [1.82, 2.24) is 0 Å². The normalized spacial score (nSPS) is 13.7. The standard InChI is InChI=1S/C12H22O7/c1-9(8-13)11(14)19-10(2)12(15)18-7-6-17-5-4-16-3/h9-10,13H,4-8H2,1-3H3. The lowest BCUT2D eigenvalue weighted by atomic mass is 10.2. The Hall–Kier alpha value is -1.18. The first-order valence-corrected chi connectivity index (χ1v) is 6.07. The van der Waals surface area contributed by atoms with Gasteiger partial charge in [-0.25, -0.2) is 4.79 Å². The average Bonchev–Trinajstić information content (AvgIpc) is 2.41. The third-order valence-corrected chi connectivity index (χ3v) is 2.20. The first kappa shape index (κ1) is 17.8. The maximum absolute atomic E-state index is 11.4. The van der Waals surface area contributed by atoms with Gasteiger partial charge in [0.2, 0.25) is 0 Å². The lowest BCUT2D eigenvalue weighted by Crippen LogP contribution is -2.30. The smallest absolute Gasteiger partial charge is 0.347 e. The summed E-state index contributed by atoms with van der Waals surface area (Å²) in [5.74, 6) is -1.94. The minimum Gasteiger partial charge on any atom is -0.461 e. The van der Waals surface area contributed by atoms with Gasteiger partial charge in [-0.05, 0) is 13.8 Å². The largest absolute Gasteiger partial charge is 0.461 e. The molecule has 0 rings (SSSR count). The van der Waals surface area contributed by atoms with Crippen LogP contribution in [-0.2, 0) is 28.5 Å². The third-order valence-electron chi connectivity index (χ3n) is 2.20. The maximum atomic E-state index is 11.4. The van der Waals surface area contributed by atoms with Crippen molar-refractivity contribution in [1.29, 1.82) is 0 Å². The SMILES string of the molecule is COCCOCCOC(=O)C(C)OC(=O)C(C)CO. The van der Waals surface area contributed by atoms with E-state index in [1.807, 2.05) is 0 Å². The molecule has 19 heavy (non-hydrogen) atoms. The molecule has 7 heteroatoms. The fraction of sp³-hybridized carbons (Fsp3) is 0.833. The third kappa shape index (κ3) is 8.52. The monoisotopic (exact) mass is 278 g/mol. The fourth-order valence-corrected chi connectivity index (χ4v) is 0.976. The predicted molar refractivity (Wildman–Crippen MR) is 65.5 cm³/mol. The van der Waals surface area contributed by atoms with Gasteiger partial charge in [0, 0.05) is 7.11 Å². The summed E-state index contributed by atoms with van der Waals surface area (Å²) in [7, 11) is 1.56. The molecular formula is C12H22O7. The highest BCUT2D eigenvalue weighted by Crippen LogP contribution is 2.02. The first-order chi connectivity index (χ1) is 9.02. The van der Waals surface area contributed by atoms with Gasteiger partial charge in [0.1, 0.15) is 6.61 Å². The second kappa shape index (κ2) is 10.7. The number of aliphatic hydroxyl groups is 1. The van der Waals surface area contributed by atoms with Gasteiger partial charge in [-0.3, -0.25) is 4.79 Å². The Morgan fingerprint density at radius 3 is 2.26 bits per heavy atom. The van der Waals surface area contributed by atoms with Gasteiger partial charge in [0.25, 0.3) is 0 Å². The van der Waals surface area contributed by atoms with Gasteiger partial charge in [-0.1, -0.05) is 0 Å². The molecule has 2 unspecified atom stereocenters. The molecule has 0 saturated carbocycles. The van der Waals surface area contributed by atoms with Crippen LogP contribution < -0.4 is 0 Å². The molecule has 0 spiro atoms. The van der Waals surface area contributed by atoms with E-state index >= 15 is 0 Å². The van der Waals surface area contributed by atoms with E-state index in [9.17, 15) is 9.59 Å². The van der Waals surface area contributed by atoms with E-state index in [4.69, 9.17) is 24.1 Å². The molecule has 0 amide bonds. The number of ether oxygens (including phenoxy) is 4. The van der Waals surface area contributed by atoms with Crippen molar-refractivity contribution in [2.45, 2.75) is 20.0 Å². The minimum absolute atomic E-state index is 0.0833. The van der Waals surface area contributed by atoms with E-state index in [1.54, 1.807) is 7.11 Å². The quantitative estimate of drug-likeness (QED) is 0.435. The van der Waals surface area contributed by atoms with Crippen LogP contribution in [0.15, 0.2) is 0 Å². The Labute approximate surface area is 112 Å². The topological polar surface area (TPSA) is 91.3 Å². The molecule has 0 heterocycles. The number of aliphatic hydroxyl groups excluding tert-OH is 1. The molecule has 7 nitrogen and oxygen atoms in total. The zero-order chi connectivity index (χ0) is 14.7. The van der Waals surface area contributed by atoms with Gasteiger partial charge in [-0.2, -0.15) is 0 Å². The summed E-state index contributed by atoms with van der Waals surface area (Å²) in [6.45, 7) is 3.82. The van der Waals surface area contributed by atoms with Crippen molar-refractivity contribution in [2.24, 2.45) is 5.92 Å². The Balaban J connectivity index is 3.73. The second-order valence-electron chi connectivity index (χ2n) is 3.94. The molecule has 0 aromatic rings. The van der Waals surface area contributed by atoms with E-state index in [1.165, 1.54) is 13.8 Å². The molecule has 0 saturated heterocycles. The average molecular weight is 278 g/mol. The van der Waals surface area contributed by atoms with Crippen LogP contribution in [0.4, 0.5) is 0 Å². The van der Waals surface area contributed by atoms with E-state index in [2.05, 4.69) is 0 Å². The Kier molecular flexibility index (Phi) is 10.1. The summed E-state index contributed by atoms with van der Waals surface area (Å²) in [4.78, 5) is 22.7. The van der Waals surface area contributed by atoms with E-state index in [0.29, 0.717) is 13.2 Å². The van der Waals surface area contributed by atoms with Crippen LogP contribution in [0.3, 0.4) is 0 Å². The summed E-state index contributed by atoms with van der Waals surface area (Å²) in [5, 5.41) is 8.76. The van der Waals surface area contributed by atoms with Crippen molar-refractivity contribution in [3.8, 4) is 0 Å². The summed E-state index contributed by atoms with van der Waals surface area (Å²) < 4.78 is 19.6. The highest BCUT2D eigenvalue weighted by molar-refractivity contribution is 5.79. The number of hydrogen-bond acceptors (Lipinski definition) is 7. The zero-order valence-electron chi connectivity index (χ0n) is 11.6. The summed E-state index contributed by atoms with van der Waals surface area (Å²) in [6.07, 6.45) is -1.000. The van der Waals surface area contributed by atoms with Crippen LogP contribution in [-0.4, -0.2) is 63.3 Å². The zero-order valence-corrected chi connectivity index (χ0v) is 11.6. The summed E-state index contributed by atoms with van der Waals surface area (Å²) in [5.41, 5.74) is 0. The molecule has 1 N–H and O–H groups in total. The molecule has 112 valence electrons. The van der Waals surface area contributed by atoms with Gasteiger partial charge >= 0.3 is 11.9 Å². The fourth-order valence-electron chi connectivity index (χ4n) is 0.976. The molecule has 0 aromatic heterocycles. The maximum Gasteiger partial charge on any atom is 0.347 e. The summed E-state index contributed by atoms with van der Waals surface area (Å²) in [6, 6.07) is 0. The van der Waals surface area contributed by atoms with Crippen molar-refractivity contribution in [2.75, 3.05) is 40.1 Å². The van der Waals surface area contributed by atoms with Crippen LogP contribution in [0, 0.1) is 5.92 Å². The number of methoxy groups -OCH3 is 1. The van der Waals surface area contributed by atoms with Gasteiger partial charge in [0.05, 0.1) is 32.3 Å². The van der Waals surface area contributed by atoms with Crippen molar-refractivity contribution < 1.29 is 33.6 Å². The number of carbonyl (C=O) groups is 2. The molecular weight excluding hydrogens is 256 g/mol.